The number of rotatable bonds is 5. The van der Waals surface area contributed by atoms with Crippen LogP contribution in [0.1, 0.15) is 34.0 Å². The third-order valence-corrected chi connectivity index (χ3v) is 4.25. The first kappa shape index (κ1) is 18.9. The van der Waals surface area contributed by atoms with Crippen molar-refractivity contribution in [3.63, 3.8) is 0 Å². The number of hydrogen-bond acceptors (Lipinski definition) is 6. The number of aromatic nitrogens is 1. The van der Waals surface area contributed by atoms with Crippen molar-refractivity contribution in [1.82, 2.24) is 4.98 Å². The lowest BCUT2D eigenvalue weighted by atomic mass is 10.0. The van der Waals surface area contributed by atoms with E-state index in [1.807, 2.05) is 13.8 Å². The van der Waals surface area contributed by atoms with Gasteiger partial charge in [0.25, 0.3) is 0 Å². The van der Waals surface area contributed by atoms with Gasteiger partial charge in [-0.1, -0.05) is 0 Å². The Morgan fingerprint density at radius 1 is 1.11 bits per heavy atom. The topological polar surface area (TPSA) is 101 Å². The Bertz CT molecular complexity index is 1060. The SMILES string of the molecule is CC(=O)c1cc(C)c(Oc2ccc(N)c(Nc3ccc(C#N)cc3)n2)c(C)c1. The molecule has 28 heavy (non-hydrogen) atoms. The Morgan fingerprint density at radius 2 is 1.75 bits per heavy atom. The van der Waals surface area contributed by atoms with Crippen LogP contribution >= 0.6 is 0 Å². The quantitative estimate of drug-likeness (QED) is 0.618. The largest absolute Gasteiger partial charge is 0.438 e. The van der Waals surface area contributed by atoms with Crippen LogP contribution in [0, 0.1) is 25.2 Å². The third kappa shape index (κ3) is 4.10. The van der Waals surface area contributed by atoms with E-state index < -0.39 is 0 Å². The van der Waals surface area contributed by atoms with Gasteiger partial charge in [0.1, 0.15) is 5.75 Å². The van der Waals surface area contributed by atoms with Crippen molar-refractivity contribution in [2.24, 2.45) is 0 Å². The van der Waals surface area contributed by atoms with Crippen molar-refractivity contribution in [2.75, 3.05) is 11.1 Å². The number of aryl methyl sites for hydroxylation is 2. The van der Waals surface area contributed by atoms with Gasteiger partial charge in [0.2, 0.25) is 5.88 Å². The number of nitrogens with two attached hydrogens (primary N) is 1. The van der Waals surface area contributed by atoms with E-state index in [1.54, 1.807) is 48.5 Å². The Hall–Kier alpha value is -3.85. The van der Waals surface area contributed by atoms with E-state index in [1.165, 1.54) is 6.92 Å². The van der Waals surface area contributed by atoms with Crippen molar-refractivity contribution in [2.45, 2.75) is 20.8 Å². The number of carbonyl (C=O) groups is 1. The van der Waals surface area contributed by atoms with E-state index in [9.17, 15) is 4.79 Å². The molecule has 0 bridgehead atoms. The fourth-order valence-electron chi connectivity index (χ4n) is 2.79. The van der Waals surface area contributed by atoms with E-state index in [-0.39, 0.29) is 5.78 Å². The van der Waals surface area contributed by atoms with Crippen LogP contribution < -0.4 is 15.8 Å². The highest BCUT2D eigenvalue weighted by atomic mass is 16.5. The van der Waals surface area contributed by atoms with Crippen LogP contribution in [0.2, 0.25) is 0 Å². The van der Waals surface area contributed by atoms with Crippen LogP contribution in [0.3, 0.4) is 0 Å². The van der Waals surface area contributed by atoms with Gasteiger partial charge >= 0.3 is 0 Å². The molecule has 3 rings (SSSR count). The Balaban J connectivity index is 1.87. The Kier molecular flexibility index (Phi) is 5.28. The number of benzene rings is 2. The third-order valence-electron chi connectivity index (χ3n) is 4.25. The second-order valence-corrected chi connectivity index (χ2v) is 6.50. The predicted octanol–water partition coefficient (Wildman–Crippen LogP) is 4.89. The van der Waals surface area contributed by atoms with Crippen molar-refractivity contribution in [3.8, 4) is 17.7 Å². The molecule has 0 aliphatic carbocycles. The summed E-state index contributed by atoms with van der Waals surface area (Å²) >= 11 is 0. The van der Waals surface area contributed by atoms with Gasteiger partial charge < -0.3 is 15.8 Å². The predicted molar refractivity (Wildman–Crippen MR) is 109 cm³/mol. The zero-order valence-corrected chi connectivity index (χ0v) is 15.9. The van der Waals surface area contributed by atoms with Gasteiger partial charge in [-0.2, -0.15) is 10.2 Å². The standard InChI is InChI=1S/C22H20N4O2/c1-13-10-17(15(3)27)11-14(2)21(13)28-20-9-8-19(24)22(26-20)25-18-6-4-16(12-23)5-7-18/h4-11H,24H2,1-3H3,(H,25,26). The van der Waals surface area contributed by atoms with E-state index in [0.717, 1.165) is 16.8 Å². The van der Waals surface area contributed by atoms with Crippen molar-refractivity contribution >= 4 is 23.0 Å². The van der Waals surface area contributed by atoms with Gasteiger partial charge in [0.15, 0.2) is 11.6 Å². The minimum absolute atomic E-state index is 0.0114. The number of anilines is 3. The molecule has 0 aliphatic rings. The molecule has 0 spiro atoms. The monoisotopic (exact) mass is 372 g/mol. The minimum atomic E-state index is 0.0114. The molecule has 0 atom stereocenters. The first-order valence-corrected chi connectivity index (χ1v) is 8.71. The zero-order chi connectivity index (χ0) is 20.3. The molecule has 0 amide bonds. The summed E-state index contributed by atoms with van der Waals surface area (Å²) in [7, 11) is 0. The molecule has 3 aromatic rings. The number of nitrogen functional groups attached to an aromatic ring is 1. The first-order valence-electron chi connectivity index (χ1n) is 8.71. The number of carbonyl (C=O) groups excluding carboxylic acids is 1. The highest BCUT2D eigenvalue weighted by Gasteiger charge is 2.12. The van der Waals surface area contributed by atoms with E-state index >= 15 is 0 Å². The number of Topliss-reactive ketones (excluding diaryl/α,β-unsaturated/α-hetero) is 1. The van der Waals surface area contributed by atoms with Crippen LogP contribution in [-0.4, -0.2) is 10.8 Å². The molecular weight excluding hydrogens is 352 g/mol. The molecule has 0 unspecified atom stereocenters. The molecule has 6 heteroatoms. The fraction of sp³-hybridized carbons (Fsp3) is 0.136. The smallest absolute Gasteiger partial charge is 0.221 e. The lowest BCUT2D eigenvalue weighted by Gasteiger charge is -2.14. The summed E-state index contributed by atoms with van der Waals surface area (Å²) in [6.07, 6.45) is 0. The molecule has 1 heterocycles. The maximum absolute atomic E-state index is 11.6. The summed E-state index contributed by atoms with van der Waals surface area (Å²) < 4.78 is 5.98. The highest BCUT2D eigenvalue weighted by Crippen LogP contribution is 2.31. The summed E-state index contributed by atoms with van der Waals surface area (Å²) in [5, 5.41) is 12.0. The first-order chi connectivity index (χ1) is 13.4. The molecule has 0 fully saturated rings. The van der Waals surface area contributed by atoms with Gasteiger partial charge in [0.05, 0.1) is 17.3 Å². The molecule has 6 nitrogen and oxygen atoms in total. The van der Waals surface area contributed by atoms with Crippen LogP contribution in [-0.2, 0) is 0 Å². The summed E-state index contributed by atoms with van der Waals surface area (Å²) in [6.45, 7) is 5.32. The van der Waals surface area contributed by atoms with E-state index in [2.05, 4.69) is 16.4 Å². The average molecular weight is 372 g/mol. The normalized spacial score (nSPS) is 10.2. The molecule has 1 aromatic heterocycles. The van der Waals surface area contributed by atoms with Gasteiger partial charge in [-0.15, -0.1) is 0 Å². The second kappa shape index (κ2) is 7.80. The summed E-state index contributed by atoms with van der Waals surface area (Å²) in [6, 6.07) is 16.1. The molecule has 0 saturated carbocycles. The number of hydrogen-bond donors (Lipinski definition) is 2. The van der Waals surface area contributed by atoms with Crippen LogP contribution in [0.15, 0.2) is 48.5 Å². The number of nitrogens with one attached hydrogen (secondary N) is 1. The van der Waals surface area contributed by atoms with Gasteiger partial charge in [-0.3, -0.25) is 4.79 Å². The number of pyridine rings is 1. The lowest BCUT2D eigenvalue weighted by Crippen LogP contribution is -2.02. The van der Waals surface area contributed by atoms with Gasteiger partial charge in [-0.25, -0.2) is 0 Å². The molecule has 0 saturated heterocycles. The number of nitrogens with zero attached hydrogens (tertiary/aromatic N) is 2. The second-order valence-electron chi connectivity index (χ2n) is 6.50. The molecule has 0 aliphatic heterocycles. The van der Waals surface area contributed by atoms with E-state index in [0.29, 0.717) is 34.3 Å². The maximum Gasteiger partial charge on any atom is 0.221 e. The van der Waals surface area contributed by atoms with Crippen molar-refractivity contribution in [1.29, 1.82) is 5.26 Å². The maximum atomic E-state index is 11.6. The number of ether oxygens (including phenoxy) is 1. The van der Waals surface area contributed by atoms with Crippen molar-refractivity contribution in [3.05, 3.63) is 70.8 Å². The van der Waals surface area contributed by atoms with Crippen LogP contribution in [0.4, 0.5) is 17.2 Å². The molecular formula is C22H20N4O2. The van der Waals surface area contributed by atoms with E-state index in [4.69, 9.17) is 15.7 Å². The highest BCUT2D eigenvalue weighted by molar-refractivity contribution is 5.94. The zero-order valence-electron chi connectivity index (χ0n) is 15.9. The fourth-order valence-corrected chi connectivity index (χ4v) is 2.79. The number of nitriles is 1. The summed E-state index contributed by atoms with van der Waals surface area (Å²) in [5.41, 5.74) is 10.2. The molecule has 140 valence electrons. The Labute approximate surface area is 163 Å². The molecule has 2 aromatic carbocycles. The lowest BCUT2D eigenvalue weighted by molar-refractivity contribution is 0.101. The summed E-state index contributed by atoms with van der Waals surface area (Å²) in [5.74, 6) is 1.51. The van der Waals surface area contributed by atoms with Crippen LogP contribution in [0.5, 0.6) is 11.6 Å². The molecule has 3 N–H and O–H groups in total. The molecule has 0 radical (unpaired) electrons. The van der Waals surface area contributed by atoms with Crippen molar-refractivity contribution < 1.29 is 9.53 Å². The van der Waals surface area contributed by atoms with Crippen LogP contribution in [0.25, 0.3) is 0 Å². The number of ketones is 1. The Morgan fingerprint density at radius 3 is 2.32 bits per heavy atom. The minimum Gasteiger partial charge on any atom is -0.438 e. The summed E-state index contributed by atoms with van der Waals surface area (Å²) in [4.78, 5) is 16.1. The van der Waals surface area contributed by atoms with Gasteiger partial charge in [0, 0.05) is 17.3 Å². The van der Waals surface area contributed by atoms with Gasteiger partial charge in [-0.05, 0) is 74.4 Å². The average Bonchev–Trinajstić information content (AvgIpc) is 2.67.